The van der Waals surface area contributed by atoms with Crippen molar-refractivity contribution in [1.29, 1.82) is 0 Å². The molecule has 0 fully saturated rings. The Balaban J connectivity index is 2.34. The lowest BCUT2D eigenvalue weighted by Crippen LogP contribution is -2.35. The van der Waals surface area contributed by atoms with Gasteiger partial charge in [0, 0.05) is 23.3 Å². The van der Waals surface area contributed by atoms with E-state index in [0.717, 1.165) is 5.56 Å². The van der Waals surface area contributed by atoms with Crippen LogP contribution in [0, 0.1) is 10.5 Å². The number of aliphatic hydroxyl groups is 1. The number of urea groups is 1. The molecule has 0 saturated heterocycles. The number of amides is 2. The smallest absolute Gasteiger partial charge is 0.315 e. The maximum atomic E-state index is 11.3. The van der Waals surface area contributed by atoms with E-state index in [9.17, 15) is 4.79 Å². The van der Waals surface area contributed by atoms with Crippen molar-refractivity contribution in [3.63, 3.8) is 0 Å². The summed E-state index contributed by atoms with van der Waals surface area (Å²) < 4.78 is 1.22. The lowest BCUT2D eigenvalue weighted by Gasteiger charge is -2.08. The van der Waals surface area contributed by atoms with E-state index in [1.165, 1.54) is 9.13 Å². The number of hydrogen-bond acceptors (Lipinski definition) is 2. The molecule has 0 aliphatic rings. The molecule has 0 aliphatic heterocycles. The Kier molecular flexibility index (Phi) is 6.28. The van der Waals surface area contributed by atoms with Crippen molar-refractivity contribution in [2.24, 2.45) is 0 Å². The predicted molar refractivity (Wildman–Crippen MR) is 75.8 cm³/mol. The first kappa shape index (κ1) is 14.2. The van der Waals surface area contributed by atoms with Gasteiger partial charge < -0.3 is 15.7 Å². The van der Waals surface area contributed by atoms with Crippen molar-refractivity contribution >= 4 is 28.6 Å². The number of carbonyl (C=O) groups is 1. The SMILES string of the molecule is Cc1cc(CNC(=O)NCCCO)ccc1I. The largest absolute Gasteiger partial charge is 0.396 e. The molecule has 0 radical (unpaired) electrons. The number of halogens is 1. The summed E-state index contributed by atoms with van der Waals surface area (Å²) >= 11 is 2.28. The van der Waals surface area contributed by atoms with Crippen LogP contribution in [0.3, 0.4) is 0 Å². The highest BCUT2D eigenvalue weighted by molar-refractivity contribution is 14.1. The van der Waals surface area contributed by atoms with Gasteiger partial charge in [-0.3, -0.25) is 0 Å². The van der Waals surface area contributed by atoms with E-state index in [0.29, 0.717) is 19.5 Å². The number of carbonyl (C=O) groups excluding carboxylic acids is 1. The van der Waals surface area contributed by atoms with Gasteiger partial charge in [0.1, 0.15) is 0 Å². The molecule has 0 atom stereocenters. The molecule has 0 aromatic heterocycles. The fourth-order valence-electron chi connectivity index (χ4n) is 1.34. The predicted octanol–water partition coefficient (Wildman–Crippen LogP) is 1.78. The molecule has 1 rings (SSSR count). The highest BCUT2D eigenvalue weighted by atomic mass is 127. The number of hydrogen-bond donors (Lipinski definition) is 3. The lowest BCUT2D eigenvalue weighted by molar-refractivity contribution is 0.237. The molecule has 3 N–H and O–H groups in total. The van der Waals surface area contributed by atoms with Crippen LogP contribution in [0.4, 0.5) is 4.79 Å². The van der Waals surface area contributed by atoms with Crippen molar-refractivity contribution in [3.8, 4) is 0 Å². The van der Waals surface area contributed by atoms with E-state index in [1.54, 1.807) is 0 Å². The van der Waals surface area contributed by atoms with Crippen LogP contribution in [-0.4, -0.2) is 24.3 Å². The van der Waals surface area contributed by atoms with Gasteiger partial charge in [0.05, 0.1) is 0 Å². The summed E-state index contributed by atoms with van der Waals surface area (Å²) in [5.41, 5.74) is 2.30. The Labute approximate surface area is 115 Å². The quantitative estimate of drug-likeness (QED) is 0.561. The number of aryl methyl sites for hydroxylation is 1. The third kappa shape index (κ3) is 5.36. The summed E-state index contributed by atoms with van der Waals surface area (Å²) in [6, 6.07) is 5.91. The van der Waals surface area contributed by atoms with Crippen molar-refractivity contribution in [1.82, 2.24) is 10.6 Å². The van der Waals surface area contributed by atoms with Crippen LogP contribution in [0.1, 0.15) is 17.5 Å². The number of nitrogens with one attached hydrogen (secondary N) is 2. The summed E-state index contributed by atoms with van der Waals surface area (Å²) in [4.78, 5) is 11.3. The van der Waals surface area contributed by atoms with Gasteiger partial charge in [-0.2, -0.15) is 0 Å². The number of benzene rings is 1. The van der Waals surface area contributed by atoms with Gasteiger partial charge in [0.2, 0.25) is 0 Å². The molecule has 0 unspecified atom stereocenters. The summed E-state index contributed by atoms with van der Waals surface area (Å²) in [7, 11) is 0. The van der Waals surface area contributed by atoms with Crippen LogP contribution >= 0.6 is 22.6 Å². The van der Waals surface area contributed by atoms with Gasteiger partial charge in [-0.1, -0.05) is 12.1 Å². The molecule has 4 nitrogen and oxygen atoms in total. The molecule has 1 aromatic rings. The Morgan fingerprint density at radius 3 is 2.82 bits per heavy atom. The van der Waals surface area contributed by atoms with E-state index in [1.807, 2.05) is 19.1 Å². The van der Waals surface area contributed by atoms with Crippen molar-refractivity contribution < 1.29 is 9.90 Å². The van der Waals surface area contributed by atoms with Gasteiger partial charge in [-0.15, -0.1) is 0 Å². The average molecular weight is 348 g/mol. The molecule has 5 heteroatoms. The van der Waals surface area contributed by atoms with Gasteiger partial charge in [0.15, 0.2) is 0 Å². The van der Waals surface area contributed by atoms with Gasteiger partial charge in [-0.05, 0) is 53.1 Å². The molecule has 2 amide bonds. The first-order valence-electron chi connectivity index (χ1n) is 5.51. The molecule has 0 aliphatic carbocycles. The average Bonchev–Trinajstić information content (AvgIpc) is 2.31. The fourth-order valence-corrected chi connectivity index (χ4v) is 1.68. The normalized spacial score (nSPS) is 10.1. The summed E-state index contributed by atoms with van der Waals surface area (Å²) in [6.45, 7) is 3.15. The van der Waals surface area contributed by atoms with Crippen LogP contribution in [-0.2, 0) is 6.54 Å². The van der Waals surface area contributed by atoms with E-state index in [-0.39, 0.29) is 12.6 Å². The Bertz CT molecular complexity index is 383. The van der Waals surface area contributed by atoms with E-state index in [2.05, 4.69) is 39.3 Å². The summed E-state index contributed by atoms with van der Waals surface area (Å²) in [6.07, 6.45) is 0.579. The third-order valence-corrected chi connectivity index (χ3v) is 3.51. The van der Waals surface area contributed by atoms with Crippen LogP contribution in [0.5, 0.6) is 0 Å². The van der Waals surface area contributed by atoms with E-state index >= 15 is 0 Å². The van der Waals surface area contributed by atoms with Gasteiger partial charge in [-0.25, -0.2) is 4.79 Å². The Hall–Kier alpha value is -0.820. The second kappa shape index (κ2) is 7.50. The fraction of sp³-hybridized carbons (Fsp3) is 0.417. The summed E-state index contributed by atoms with van der Waals surface area (Å²) in [5, 5.41) is 14.0. The van der Waals surface area contributed by atoms with Gasteiger partial charge in [0.25, 0.3) is 0 Å². The molecule has 0 heterocycles. The van der Waals surface area contributed by atoms with Crippen LogP contribution in [0.15, 0.2) is 18.2 Å². The van der Waals surface area contributed by atoms with Crippen molar-refractivity contribution in [2.75, 3.05) is 13.2 Å². The zero-order valence-electron chi connectivity index (χ0n) is 9.79. The second-order valence-electron chi connectivity index (χ2n) is 3.77. The number of aliphatic hydroxyl groups excluding tert-OH is 1. The molecular weight excluding hydrogens is 331 g/mol. The summed E-state index contributed by atoms with van der Waals surface area (Å²) in [5.74, 6) is 0. The van der Waals surface area contributed by atoms with Crippen molar-refractivity contribution in [3.05, 3.63) is 32.9 Å². The van der Waals surface area contributed by atoms with E-state index < -0.39 is 0 Å². The molecule has 0 saturated carbocycles. The molecule has 1 aromatic carbocycles. The minimum atomic E-state index is -0.199. The second-order valence-corrected chi connectivity index (χ2v) is 4.93. The van der Waals surface area contributed by atoms with Gasteiger partial charge >= 0.3 is 6.03 Å². The molecule has 0 bridgehead atoms. The Morgan fingerprint density at radius 2 is 2.18 bits per heavy atom. The maximum Gasteiger partial charge on any atom is 0.315 e. The standard InChI is InChI=1S/C12H17IN2O2/c1-9-7-10(3-4-11(9)13)8-15-12(17)14-5-2-6-16/h3-4,7,16H,2,5-6,8H2,1H3,(H2,14,15,17). The monoisotopic (exact) mass is 348 g/mol. The Morgan fingerprint density at radius 1 is 1.41 bits per heavy atom. The first-order chi connectivity index (χ1) is 8.13. The van der Waals surface area contributed by atoms with Crippen LogP contribution in [0.25, 0.3) is 0 Å². The molecule has 17 heavy (non-hydrogen) atoms. The molecule has 0 spiro atoms. The topological polar surface area (TPSA) is 61.4 Å². The first-order valence-corrected chi connectivity index (χ1v) is 6.59. The van der Waals surface area contributed by atoms with Crippen molar-refractivity contribution in [2.45, 2.75) is 19.9 Å². The molecular formula is C12H17IN2O2. The lowest BCUT2D eigenvalue weighted by atomic mass is 10.1. The minimum Gasteiger partial charge on any atom is -0.396 e. The molecule has 94 valence electrons. The highest BCUT2D eigenvalue weighted by Gasteiger charge is 2.01. The highest BCUT2D eigenvalue weighted by Crippen LogP contribution is 2.12. The van der Waals surface area contributed by atoms with Crippen LogP contribution in [0.2, 0.25) is 0 Å². The minimum absolute atomic E-state index is 0.0938. The maximum absolute atomic E-state index is 11.3. The zero-order chi connectivity index (χ0) is 12.7. The zero-order valence-corrected chi connectivity index (χ0v) is 12.0. The van der Waals surface area contributed by atoms with Crippen LogP contribution < -0.4 is 10.6 Å². The third-order valence-electron chi connectivity index (χ3n) is 2.30. The number of rotatable bonds is 5. The van der Waals surface area contributed by atoms with E-state index in [4.69, 9.17) is 5.11 Å².